The number of hydrogen-bond donors (Lipinski definition) is 0. The van der Waals surface area contributed by atoms with Crippen molar-refractivity contribution in [2.75, 3.05) is 20.3 Å². The van der Waals surface area contributed by atoms with E-state index in [0.717, 1.165) is 6.54 Å². The molecule has 0 saturated carbocycles. The lowest BCUT2D eigenvalue weighted by molar-refractivity contribution is -0.136. The summed E-state index contributed by atoms with van der Waals surface area (Å²) in [5.41, 5.74) is 0. The summed E-state index contributed by atoms with van der Waals surface area (Å²) in [5.74, 6) is 0.0602. The Morgan fingerprint density at radius 1 is 1.55 bits per heavy atom. The van der Waals surface area contributed by atoms with Crippen LogP contribution < -0.4 is 0 Å². The fraction of sp³-hybridized carbons (Fsp3) is 0.875. The molecule has 3 nitrogen and oxygen atoms in total. The van der Waals surface area contributed by atoms with Crippen LogP contribution in [0.3, 0.4) is 0 Å². The first kappa shape index (κ1) is 10.4. The van der Waals surface area contributed by atoms with Crippen LogP contribution in [0, 0.1) is 0 Å². The summed E-state index contributed by atoms with van der Waals surface area (Å²) < 4.78 is 4.75. The number of nitrogens with zero attached hydrogens (tertiary/aromatic N) is 1. The average Bonchev–Trinajstić information content (AvgIpc) is 1.88. The van der Waals surface area contributed by atoms with Crippen molar-refractivity contribution in [2.45, 2.75) is 26.8 Å². The van der Waals surface area contributed by atoms with Crippen molar-refractivity contribution in [3.05, 3.63) is 0 Å². The average molecular weight is 159 g/mol. The number of methoxy groups -OCH3 is 1. The maximum absolute atomic E-state index is 11.2. The molecule has 0 bridgehead atoms. The van der Waals surface area contributed by atoms with Gasteiger partial charge in [0.05, 0.1) is 0 Å². The fourth-order valence-corrected chi connectivity index (χ4v) is 1.04. The first-order valence-corrected chi connectivity index (χ1v) is 3.91. The van der Waals surface area contributed by atoms with Gasteiger partial charge in [0.25, 0.3) is 0 Å². The molecule has 11 heavy (non-hydrogen) atoms. The predicted octanol–water partition coefficient (Wildman–Crippen LogP) is 0.890. The molecule has 0 aromatic carbocycles. The smallest absolute Gasteiger partial charge is 0.248 e. The molecule has 66 valence electrons. The fourth-order valence-electron chi connectivity index (χ4n) is 1.04. The third-order valence-corrected chi connectivity index (χ3v) is 1.55. The zero-order valence-electron chi connectivity index (χ0n) is 7.76. The summed E-state index contributed by atoms with van der Waals surface area (Å²) >= 11 is 0. The van der Waals surface area contributed by atoms with E-state index in [4.69, 9.17) is 4.74 Å². The van der Waals surface area contributed by atoms with Gasteiger partial charge in [-0.15, -0.1) is 0 Å². The molecule has 0 unspecified atom stereocenters. The van der Waals surface area contributed by atoms with Crippen LogP contribution in [-0.2, 0) is 9.53 Å². The van der Waals surface area contributed by atoms with Gasteiger partial charge in [-0.2, -0.15) is 0 Å². The van der Waals surface area contributed by atoms with Crippen molar-refractivity contribution in [1.82, 2.24) is 4.90 Å². The zero-order valence-corrected chi connectivity index (χ0v) is 7.76. The van der Waals surface area contributed by atoms with Crippen molar-refractivity contribution in [3.63, 3.8) is 0 Å². The van der Waals surface area contributed by atoms with Gasteiger partial charge in [-0.25, -0.2) is 0 Å². The molecule has 0 atom stereocenters. The number of rotatable bonds is 4. The summed E-state index contributed by atoms with van der Waals surface area (Å²) in [6.45, 7) is 6.90. The largest absolute Gasteiger partial charge is 0.375 e. The predicted molar refractivity (Wildman–Crippen MR) is 44.4 cm³/mol. The zero-order chi connectivity index (χ0) is 8.85. The summed E-state index contributed by atoms with van der Waals surface area (Å²) in [6, 6.07) is 0.266. The van der Waals surface area contributed by atoms with Crippen LogP contribution in [0.15, 0.2) is 0 Å². The first-order chi connectivity index (χ1) is 5.13. The molecule has 0 aromatic rings. The van der Waals surface area contributed by atoms with E-state index in [0.29, 0.717) is 0 Å². The van der Waals surface area contributed by atoms with Gasteiger partial charge in [0, 0.05) is 19.7 Å². The van der Waals surface area contributed by atoms with Crippen molar-refractivity contribution >= 4 is 5.91 Å². The van der Waals surface area contributed by atoms with E-state index in [2.05, 4.69) is 0 Å². The highest BCUT2D eigenvalue weighted by Gasteiger charge is 2.13. The van der Waals surface area contributed by atoms with E-state index in [9.17, 15) is 4.79 Å². The third-order valence-electron chi connectivity index (χ3n) is 1.55. The van der Waals surface area contributed by atoms with Crippen molar-refractivity contribution in [2.24, 2.45) is 0 Å². The summed E-state index contributed by atoms with van der Waals surface area (Å²) in [7, 11) is 1.53. The van der Waals surface area contributed by atoms with Crippen LogP contribution in [-0.4, -0.2) is 37.1 Å². The SMILES string of the molecule is CCN(C(=O)COC)C(C)C. The highest BCUT2D eigenvalue weighted by molar-refractivity contribution is 5.77. The number of hydrogen-bond acceptors (Lipinski definition) is 2. The minimum absolute atomic E-state index is 0.0602. The molecule has 0 spiro atoms. The van der Waals surface area contributed by atoms with Gasteiger partial charge in [-0.1, -0.05) is 0 Å². The molecule has 3 heteroatoms. The number of carbonyl (C=O) groups excluding carboxylic acids is 1. The molecule has 0 fully saturated rings. The van der Waals surface area contributed by atoms with Crippen molar-refractivity contribution in [3.8, 4) is 0 Å². The van der Waals surface area contributed by atoms with Gasteiger partial charge >= 0.3 is 0 Å². The second-order valence-corrected chi connectivity index (χ2v) is 2.71. The Balaban J connectivity index is 3.92. The van der Waals surface area contributed by atoms with Crippen molar-refractivity contribution < 1.29 is 9.53 Å². The highest BCUT2D eigenvalue weighted by Crippen LogP contribution is 1.97. The molecule has 0 aromatic heterocycles. The van der Waals surface area contributed by atoms with Crippen LogP contribution in [0.5, 0.6) is 0 Å². The Labute approximate surface area is 68.3 Å². The number of carbonyl (C=O) groups is 1. The van der Waals surface area contributed by atoms with Gasteiger partial charge in [0.2, 0.25) is 5.91 Å². The van der Waals surface area contributed by atoms with Gasteiger partial charge in [0.1, 0.15) is 6.61 Å². The van der Waals surface area contributed by atoms with Crippen LogP contribution in [0.1, 0.15) is 20.8 Å². The molecule has 0 aliphatic carbocycles. The normalized spacial score (nSPS) is 10.3. The Morgan fingerprint density at radius 3 is 2.36 bits per heavy atom. The summed E-state index contributed by atoms with van der Waals surface area (Å²) in [5, 5.41) is 0. The molecule has 1 amide bonds. The lowest BCUT2D eigenvalue weighted by Crippen LogP contribution is -2.38. The lowest BCUT2D eigenvalue weighted by atomic mass is 10.3. The van der Waals surface area contributed by atoms with Crippen molar-refractivity contribution in [1.29, 1.82) is 0 Å². The van der Waals surface area contributed by atoms with Gasteiger partial charge in [-0.3, -0.25) is 4.79 Å². The molecule has 0 N–H and O–H groups in total. The molecular weight excluding hydrogens is 142 g/mol. The van der Waals surface area contributed by atoms with Gasteiger partial charge in [0.15, 0.2) is 0 Å². The van der Waals surface area contributed by atoms with E-state index in [-0.39, 0.29) is 18.6 Å². The highest BCUT2D eigenvalue weighted by atomic mass is 16.5. The summed E-state index contributed by atoms with van der Waals surface area (Å²) in [6.07, 6.45) is 0. The Bertz CT molecular complexity index is 123. The minimum Gasteiger partial charge on any atom is -0.375 e. The van der Waals surface area contributed by atoms with E-state index < -0.39 is 0 Å². The van der Waals surface area contributed by atoms with Crippen LogP contribution in [0.25, 0.3) is 0 Å². The molecule has 0 heterocycles. The van der Waals surface area contributed by atoms with Crippen LogP contribution in [0.4, 0.5) is 0 Å². The second kappa shape index (κ2) is 5.13. The first-order valence-electron chi connectivity index (χ1n) is 3.91. The van der Waals surface area contributed by atoms with Crippen LogP contribution in [0.2, 0.25) is 0 Å². The van der Waals surface area contributed by atoms with E-state index in [1.54, 1.807) is 4.90 Å². The molecular formula is C8H17NO2. The lowest BCUT2D eigenvalue weighted by Gasteiger charge is -2.24. The monoisotopic (exact) mass is 159 g/mol. The second-order valence-electron chi connectivity index (χ2n) is 2.71. The standard InChI is InChI=1S/C8H17NO2/c1-5-9(7(2)3)8(10)6-11-4/h7H,5-6H2,1-4H3. The minimum atomic E-state index is 0.0602. The van der Waals surface area contributed by atoms with E-state index in [1.165, 1.54) is 7.11 Å². The number of ether oxygens (including phenoxy) is 1. The van der Waals surface area contributed by atoms with Gasteiger partial charge in [-0.05, 0) is 20.8 Å². The molecule has 0 saturated heterocycles. The molecule has 0 rings (SSSR count). The van der Waals surface area contributed by atoms with Gasteiger partial charge < -0.3 is 9.64 Å². The third kappa shape index (κ3) is 3.37. The maximum atomic E-state index is 11.2. The quantitative estimate of drug-likeness (QED) is 0.609. The Morgan fingerprint density at radius 2 is 2.09 bits per heavy atom. The topological polar surface area (TPSA) is 29.5 Å². The maximum Gasteiger partial charge on any atom is 0.248 e. The van der Waals surface area contributed by atoms with E-state index in [1.807, 2.05) is 20.8 Å². The molecule has 0 aliphatic heterocycles. The Hall–Kier alpha value is -0.570. The number of amides is 1. The summed E-state index contributed by atoms with van der Waals surface area (Å²) in [4.78, 5) is 13.0. The Kier molecular flexibility index (Phi) is 4.86. The van der Waals surface area contributed by atoms with E-state index >= 15 is 0 Å². The molecule has 0 radical (unpaired) electrons. The van der Waals surface area contributed by atoms with Crippen LogP contribution >= 0.6 is 0 Å². The number of likely N-dealkylation sites (N-methyl/N-ethyl adjacent to an activating group) is 1. The molecule has 0 aliphatic rings.